The largest absolute Gasteiger partial charge is 0.487 e. The third-order valence-electron chi connectivity index (χ3n) is 5.35. The average molecular weight is 396 g/mol. The van der Waals surface area contributed by atoms with Crippen LogP contribution in [0.25, 0.3) is 0 Å². The molecule has 4 nitrogen and oxygen atoms in total. The van der Waals surface area contributed by atoms with Crippen molar-refractivity contribution in [3.05, 3.63) is 28.2 Å². The maximum absolute atomic E-state index is 12.9. The van der Waals surface area contributed by atoms with Gasteiger partial charge >= 0.3 is 5.91 Å². The van der Waals surface area contributed by atoms with Crippen molar-refractivity contribution in [1.29, 1.82) is 0 Å². The number of carbonyl (C=O) groups is 1. The highest BCUT2D eigenvalue weighted by atomic mass is 79.9. The highest BCUT2D eigenvalue weighted by Crippen LogP contribution is 2.49. The number of fused-ring (bicyclic) bond motifs is 2. The zero-order valence-corrected chi connectivity index (χ0v) is 15.3. The van der Waals surface area contributed by atoms with E-state index in [2.05, 4.69) is 21.2 Å². The van der Waals surface area contributed by atoms with Crippen LogP contribution in [0.5, 0.6) is 5.75 Å². The van der Waals surface area contributed by atoms with Crippen LogP contribution in [0, 0.1) is 0 Å². The monoisotopic (exact) mass is 395 g/mol. The fourth-order valence-corrected chi connectivity index (χ4v) is 4.95. The number of halogens is 1. The van der Waals surface area contributed by atoms with Crippen molar-refractivity contribution in [2.75, 3.05) is 0 Å². The molecule has 1 aromatic carbocycles. The van der Waals surface area contributed by atoms with E-state index in [0.29, 0.717) is 11.5 Å². The lowest BCUT2D eigenvalue weighted by Gasteiger charge is -2.44. The highest BCUT2D eigenvalue weighted by Gasteiger charge is 2.59. The van der Waals surface area contributed by atoms with Gasteiger partial charge in [-0.25, -0.2) is 10.1 Å². The van der Waals surface area contributed by atoms with Crippen molar-refractivity contribution in [3.8, 4) is 5.75 Å². The van der Waals surface area contributed by atoms with Crippen LogP contribution in [0.4, 0.5) is 0 Å². The van der Waals surface area contributed by atoms with Crippen LogP contribution in [0.2, 0.25) is 0 Å². The van der Waals surface area contributed by atoms with Crippen molar-refractivity contribution in [1.82, 2.24) is 5.32 Å². The molecule has 4 rings (SSSR count). The second-order valence-corrected chi connectivity index (χ2v) is 8.28. The predicted octanol–water partition coefficient (Wildman–Crippen LogP) is 2.50. The van der Waals surface area contributed by atoms with Gasteiger partial charge in [0.15, 0.2) is 5.54 Å². The van der Waals surface area contributed by atoms with Crippen molar-refractivity contribution in [3.63, 3.8) is 0 Å². The molecule has 1 atom stereocenters. The summed E-state index contributed by atoms with van der Waals surface area (Å²) in [4.78, 5) is 12.9. The summed E-state index contributed by atoms with van der Waals surface area (Å²) >= 11 is 8.81. The Morgan fingerprint density at radius 2 is 1.96 bits per heavy atom. The first-order chi connectivity index (χ1) is 11.0. The lowest BCUT2D eigenvalue weighted by molar-refractivity contribution is -0.444. The van der Waals surface area contributed by atoms with Crippen LogP contribution >= 0.6 is 28.1 Å². The second kappa shape index (κ2) is 5.53. The Morgan fingerprint density at radius 3 is 2.61 bits per heavy atom. The number of nitrogens with two attached hydrogens (primary N) is 1. The highest BCUT2D eigenvalue weighted by molar-refractivity contribution is 9.10. The van der Waals surface area contributed by atoms with E-state index in [9.17, 15) is 4.79 Å². The molecule has 23 heavy (non-hydrogen) atoms. The maximum Gasteiger partial charge on any atom is 0.347 e. The molecule has 1 saturated carbocycles. The first-order valence-corrected chi connectivity index (χ1v) is 9.44. The molecule has 1 saturated heterocycles. The molecule has 1 aromatic rings. The van der Waals surface area contributed by atoms with Gasteiger partial charge in [-0.15, -0.1) is 0 Å². The van der Waals surface area contributed by atoms with Crippen LogP contribution in [0.1, 0.15) is 50.5 Å². The van der Waals surface area contributed by atoms with Crippen LogP contribution in [-0.2, 0) is 10.3 Å². The van der Waals surface area contributed by atoms with Crippen LogP contribution in [-0.4, -0.2) is 16.6 Å². The number of nitrogens with one attached hydrogen (secondary N) is 1. The molecule has 3 N–H and O–H groups in total. The maximum atomic E-state index is 12.9. The summed E-state index contributed by atoms with van der Waals surface area (Å²) in [6.07, 6.45) is 7.49. The molecule has 2 heterocycles. The Bertz CT molecular complexity index is 685. The van der Waals surface area contributed by atoms with Gasteiger partial charge in [-0.2, -0.15) is 0 Å². The minimum atomic E-state index is -0.751. The van der Waals surface area contributed by atoms with Crippen molar-refractivity contribution >= 4 is 39.2 Å². The Kier molecular flexibility index (Phi) is 3.74. The number of primary amides is 1. The summed E-state index contributed by atoms with van der Waals surface area (Å²) in [5.74, 6) is 0.883. The molecular weight excluding hydrogens is 376 g/mol. The molecule has 3 aliphatic rings. The topological polar surface area (TPSA) is 54.9 Å². The molecular formula is C17H20BrN2O2S+. The van der Waals surface area contributed by atoms with Gasteiger partial charge in [0.1, 0.15) is 11.4 Å². The molecule has 2 fully saturated rings. The summed E-state index contributed by atoms with van der Waals surface area (Å²) in [5, 5.41) is 5.42. The Morgan fingerprint density at radius 1 is 1.22 bits per heavy atom. The fraction of sp³-hybridized carbons (Fsp3) is 0.529. The number of amides is 1. The first kappa shape index (κ1) is 15.5. The number of ether oxygens (including phenoxy) is 1. The van der Waals surface area contributed by atoms with Gasteiger partial charge < -0.3 is 10.1 Å². The van der Waals surface area contributed by atoms with E-state index in [1.54, 1.807) is 5.32 Å². The molecule has 1 amide bonds. The van der Waals surface area contributed by atoms with Crippen LogP contribution < -0.4 is 15.4 Å². The van der Waals surface area contributed by atoms with Crippen molar-refractivity contribution in [2.24, 2.45) is 0 Å². The lowest BCUT2D eigenvalue weighted by atomic mass is 9.73. The number of benzene rings is 1. The quantitative estimate of drug-likeness (QED) is 0.662. The summed E-state index contributed by atoms with van der Waals surface area (Å²) < 4.78 is 7.44. The average Bonchev–Trinajstić information content (AvgIpc) is 2.67. The van der Waals surface area contributed by atoms with Gasteiger partial charge in [0, 0.05) is 28.7 Å². The normalized spacial score (nSPS) is 29.1. The molecule has 2 aliphatic heterocycles. The summed E-state index contributed by atoms with van der Waals surface area (Å²) in [7, 11) is 0. The fourth-order valence-electron chi connectivity index (χ4n) is 4.31. The number of carbonyl (C=O) groups excluding carboxylic acids is 1. The summed E-state index contributed by atoms with van der Waals surface area (Å²) in [5.41, 5.74) is -0.102. The molecule has 0 radical (unpaired) electrons. The molecule has 0 aromatic heterocycles. The van der Waals surface area contributed by atoms with Gasteiger partial charge in [-0.05, 0) is 43.9 Å². The summed E-state index contributed by atoms with van der Waals surface area (Å²) in [6.45, 7) is 0. The minimum absolute atomic E-state index is 0.0637. The van der Waals surface area contributed by atoms with Gasteiger partial charge in [-0.1, -0.05) is 28.8 Å². The SMILES string of the molecule is O=C1[NH2+]C(=S)NC12CC1(CCCCCC1)Oc1ccc(Br)cc12. The van der Waals surface area contributed by atoms with E-state index in [1.807, 2.05) is 18.2 Å². The molecule has 1 aliphatic carbocycles. The van der Waals surface area contributed by atoms with Gasteiger partial charge in [0.05, 0.1) is 0 Å². The van der Waals surface area contributed by atoms with E-state index in [4.69, 9.17) is 17.0 Å². The standard InChI is InChI=1S/C17H19BrN2O2S/c18-11-5-6-13-12(9-11)17(14(21)19-15(23)20-17)10-16(22-13)7-3-1-2-4-8-16/h5-6,9H,1-4,7-8,10H2,(H2,19,20,21,23)/p+1. The third kappa shape index (κ3) is 2.51. The minimum Gasteiger partial charge on any atom is -0.487 e. The number of rotatable bonds is 0. The third-order valence-corrected chi connectivity index (χ3v) is 6.06. The lowest BCUT2D eigenvalue weighted by Crippen LogP contribution is -2.89. The number of quaternary nitrogens is 1. The van der Waals surface area contributed by atoms with Crippen LogP contribution in [0.3, 0.4) is 0 Å². The van der Waals surface area contributed by atoms with Gasteiger partial charge in [0.2, 0.25) is 0 Å². The molecule has 6 heteroatoms. The van der Waals surface area contributed by atoms with E-state index in [1.165, 1.54) is 12.8 Å². The summed E-state index contributed by atoms with van der Waals surface area (Å²) in [6, 6.07) is 5.94. The molecule has 122 valence electrons. The Labute approximate surface area is 149 Å². The van der Waals surface area contributed by atoms with Gasteiger partial charge in [-0.3, -0.25) is 0 Å². The zero-order valence-electron chi connectivity index (χ0n) is 12.9. The number of hydrogen-bond acceptors (Lipinski definition) is 3. The van der Waals surface area contributed by atoms with E-state index >= 15 is 0 Å². The predicted molar refractivity (Wildman–Crippen MR) is 94.2 cm³/mol. The van der Waals surface area contributed by atoms with Crippen molar-refractivity contribution < 1.29 is 14.8 Å². The zero-order chi connectivity index (χ0) is 16.1. The molecule has 0 bridgehead atoms. The molecule has 2 spiro atoms. The van der Waals surface area contributed by atoms with Crippen molar-refractivity contribution in [2.45, 2.75) is 56.1 Å². The van der Waals surface area contributed by atoms with E-state index in [-0.39, 0.29) is 11.5 Å². The Balaban J connectivity index is 1.85. The second-order valence-electron chi connectivity index (χ2n) is 6.92. The van der Waals surface area contributed by atoms with E-state index < -0.39 is 5.54 Å². The van der Waals surface area contributed by atoms with Gasteiger partial charge in [0.25, 0.3) is 5.11 Å². The smallest absolute Gasteiger partial charge is 0.347 e. The van der Waals surface area contributed by atoms with Crippen LogP contribution in [0.15, 0.2) is 22.7 Å². The Hall–Kier alpha value is -0.980. The molecule has 1 unspecified atom stereocenters. The number of hydrogen-bond donors (Lipinski definition) is 2. The first-order valence-electron chi connectivity index (χ1n) is 8.24. The van der Waals surface area contributed by atoms with E-state index in [0.717, 1.165) is 41.5 Å². The number of thiocarbonyl (C=S) groups is 1.